The first kappa shape index (κ1) is 18.6. The summed E-state index contributed by atoms with van der Waals surface area (Å²) >= 11 is 0. The molecule has 1 fully saturated rings. The van der Waals surface area contributed by atoms with Crippen molar-refractivity contribution in [1.29, 1.82) is 0 Å². The van der Waals surface area contributed by atoms with E-state index >= 15 is 0 Å². The number of nitrogens with two attached hydrogens (primary N) is 1. The lowest BCUT2D eigenvalue weighted by Crippen LogP contribution is -2.46. The third-order valence-corrected chi connectivity index (χ3v) is 4.91. The van der Waals surface area contributed by atoms with Crippen LogP contribution in [0.25, 0.3) is 0 Å². The molecule has 1 amide bonds. The van der Waals surface area contributed by atoms with Gasteiger partial charge >= 0.3 is 0 Å². The van der Waals surface area contributed by atoms with Crippen molar-refractivity contribution in [2.75, 3.05) is 13.1 Å². The van der Waals surface area contributed by atoms with Crippen molar-refractivity contribution in [1.82, 2.24) is 4.90 Å². The number of amides is 1. The SMILES string of the molecule is CC(CC(=O)Cc1ccc(F)cc1)C1CCN(C(=O)[C@H](C)N)CC1. The number of hydrogen-bond donors (Lipinski definition) is 1. The highest BCUT2D eigenvalue weighted by Gasteiger charge is 2.28. The van der Waals surface area contributed by atoms with Gasteiger partial charge in [0.05, 0.1) is 6.04 Å². The van der Waals surface area contributed by atoms with E-state index in [2.05, 4.69) is 6.92 Å². The Morgan fingerprint density at radius 1 is 1.21 bits per heavy atom. The Morgan fingerprint density at radius 2 is 1.79 bits per heavy atom. The van der Waals surface area contributed by atoms with E-state index in [9.17, 15) is 14.0 Å². The molecule has 0 aromatic heterocycles. The van der Waals surface area contributed by atoms with E-state index in [4.69, 9.17) is 5.73 Å². The van der Waals surface area contributed by atoms with E-state index in [0.717, 1.165) is 31.5 Å². The molecule has 0 radical (unpaired) electrons. The highest BCUT2D eigenvalue weighted by Crippen LogP contribution is 2.28. The lowest BCUT2D eigenvalue weighted by Gasteiger charge is -2.35. The lowest BCUT2D eigenvalue weighted by atomic mass is 9.82. The molecule has 1 saturated heterocycles. The van der Waals surface area contributed by atoms with Gasteiger partial charge in [0.2, 0.25) is 5.91 Å². The molecule has 132 valence electrons. The van der Waals surface area contributed by atoms with Crippen molar-refractivity contribution in [3.63, 3.8) is 0 Å². The summed E-state index contributed by atoms with van der Waals surface area (Å²) in [5, 5.41) is 0. The average molecular weight is 334 g/mol. The molecule has 0 bridgehead atoms. The summed E-state index contributed by atoms with van der Waals surface area (Å²) in [5.74, 6) is 0.661. The molecule has 24 heavy (non-hydrogen) atoms. The molecule has 2 rings (SSSR count). The molecule has 1 aromatic carbocycles. The van der Waals surface area contributed by atoms with Gasteiger partial charge in [0.1, 0.15) is 11.6 Å². The number of nitrogens with zero attached hydrogens (tertiary/aromatic N) is 1. The second-order valence-corrected chi connectivity index (χ2v) is 6.97. The molecular formula is C19H27FN2O2. The minimum Gasteiger partial charge on any atom is -0.341 e. The fourth-order valence-electron chi connectivity index (χ4n) is 3.40. The van der Waals surface area contributed by atoms with Crippen molar-refractivity contribution in [2.45, 2.75) is 45.6 Å². The summed E-state index contributed by atoms with van der Waals surface area (Å²) in [6.07, 6.45) is 2.73. The number of carbonyl (C=O) groups excluding carboxylic acids is 2. The zero-order valence-electron chi connectivity index (χ0n) is 14.5. The number of Topliss-reactive ketones (excluding diaryl/α,β-unsaturated/α-hetero) is 1. The van der Waals surface area contributed by atoms with Gasteiger partial charge in [0, 0.05) is 25.9 Å². The maximum atomic E-state index is 12.9. The fourth-order valence-corrected chi connectivity index (χ4v) is 3.40. The van der Waals surface area contributed by atoms with Crippen LogP contribution in [0.4, 0.5) is 4.39 Å². The van der Waals surface area contributed by atoms with Crippen LogP contribution in [0, 0.1) is 17.7 Å². The minimum atomic E-state index is -0.448. The van der Waals surface area contributed by atoms with Crippen molar-refractivity contribution < 1.29 is 14.0 Å². The van der Waals surface area contributed by atoms with Gasteiger partial charge in [-0.1, -0.05) is 19.1 Å². The second-order valence-electron chi connectivity index (χ2n) is 6.97. The van der Waals surface area contributed by atoms with Crippen LogP contribution in [0.5, 0.6) is 0 Å². The Balaban J connectivity index is 1.78. The Labute approximate surface area is 143 Å². The number of ketones is 1. The summed E-state index contributed by atoms with van der Waals surface area (Å²) in [6, 6.07) is 5.65. The van der Waals surface area contributed by atoms with Gasteiger partial charge in [-0.15, -0.1) is 0 Å². The Morgan fingerprint density at radius 3 is 2.33 bits per heavy atom. The van der Waals surface area contributed by atoms with Gasteiger partial charge in [-0.25, -0.2) is 4.39 Å². The Hall–Kier alpha value is -1.75. The predicted molar refractivity (Wildman–Crippen MR) is 91.8 cm³/mol. The van der Waals surface area contributed by atoms with Crippen LogP contribution in [-0.4, -0.2) is 35.7 Å². The molecule has 1 heterocycles. The highest BCUT2D eigenvalue weighted by molar-refractivity contribution is 5.81. The van der Waals surface area contributed by atoms with Crippen LogP contribution >= 0.6 is 0 Å². The van der Waals surface area contributed by atoms with Gasteiger partial charge < -0.3 is 10.6 Å². The maximum absolute atomic E-state index is 12.9. The molecule has 4 nitrogen and oxygen atoms in total. The number of rotatable bonds is 6. The number of piperidine rings is 1. The number of benzene rings is 1. The summed E-state index contributed by atoms with van der Waals surface area (Å²) in [6.45, 7) is 5.27. The molecule has 1 aliphatic rings. The zero-order chi connectivity index (χ0) is 17.7. The molecule has 1 aliphatic heterocycles. The van der Waals surface area contributed by atoms with E-state index in [1.807, 2.05) is 4.90 Å². The van der Waals surface area contributed by atoms with E-state index in [1.54, 1.807) is 19.1 Å². The van der Waals surface area contributed by atoms with Crippen molar-refractivity contribution in [3.05, 3.63) is 35.6 Å². The number of hydrogen-bond acceptors (Lipinski definition) is 3. The Bertz CT molecular complexity index is 563. The number of carbonyl (C=O) groups is 2. The van der Waals surface area contributed by atoms with Crippen LogP contribution in [-0.2, 0) is 16.0 Å². The van der Waals surface area contributed by atoms with Crippen molar-refractivity contribution in [3.8, 4) is 0 Å². The van der Waals surface area contributed by atoms with Crippen LogP contribution in [0.3, 0.4) is 0 Å². The summed E-state index contributed by atoms with van der Waals surface area (Å²) < 4.78 is 12.9. The molecule has 1 unspecified atom stereocenters. The molecule has 1 aromatic rings. The summed E-state index contributed by atoms with van der Waals surface area (Å²) in [5.41, 5.74) is 6.50. The van der Waals surface area contributed by atoms with Crippen LogP contribution in [0.15, 0.2) is 24.3 Å². The monoisotopic (exact) mass is 334 g/mol. The van der Waals surface area contributed by atoms with Crippen LogP contribution < -0.4 is 5.73 Å². The fraction of sp³-hybridized carbons (Fsp3) is 0.579. The van der Waals surface area contributed by atoms with E-state index in [1.165, 1.54) is 12.1 Å². The number of halogens is 1. The normalized spacial score (nSPS) is 18.2. The third kappa shape index (κ3) is 5.13. The molecule has 0 aliphatic carbocycles. The molecule has 0 saturated carbocycles. The smallest absolute Gasteiger partial charge is 0.239 e. The quantitative estimate of drug-likeness (QED) is 0.869. The van der Waals surface area contributed by atoms with Crippen LogP contribution in [0.2, 0.25) is 0 Å². The Kier molecular flexibility index (Phi) is 6.49. The van der Waals surface area contributed by atoms with Gasteiger partial charge in [0.25, 0.3) is 0 Å². The molecule has 5 heteroatoms. The largest absolute Gasteiger partial charge is 0.341 e. The van der Waals surface area contributed by atoms with E-state index in [-0.39, 0.29) is 17.5 Å². The molecular weight excluding hydrogens is 307 g/mol. The standard InChI is InChI=1S/C19H27FN2O2/c1-13(11-18(23)12-15-3-5-17(20)6-4-15)16-7-9-22(10-8-16)19(24)14(2)21/h3-6,13-14,16H,7-12,21H2,1-2H3/t13?,14-/m0/s1. The maximum Gasteiger partial charge on any atom is 0.239 e. The second kappa shape index (κ2) is 8.38. The van der Waals surface area contributed by atoms with E-state index in [0.29, 0.717) is 24.7 Å². The first-order chi connectivity index (χ1) is 11.4. The van der Waals surface area contributed by atoms with Crippen molar-refractivity contribution in [2.24, 2.45) is 17.6 Å². The van der Waals surface area contributed by atoms with Gasteiger partial charge in [-0.2, -0.15) is 0 Å². The number of likely N-dealkylation sites (tertiary alicyclic amines) is 1. The van der Waals surface area contributed by atoms with Crippen LogP contribution in [0.1, 0.15) is 38.7 Å². The van der Waals surface area contributed by atoms with Gasteiger partial charge in [-0.3, -0.25) is 9.59 Å². The molecule has 2 N–H and O–H groups in total. The zero-order valence-corrected chi connectivity index (χ0v) is 14.5. The average Bonchev–Trinajstić information content (AvgIpc) is 2.56. The van der Waals surface area contributed by atoms with Gasteiger partial charge in [0.15, 0.2) is 0 Å². The van der Waals surface area contributed by atoms with Crippen molar-refractivity contribution >= 4 is 11.7 Å². The highest BCUT2D eigenvalue weighted by atomic mass is 19.1. The third-order valence-electron chi connectivity index (χ3n) is 4.91. The minimum absolute atomic E-state index is 0.00786. The van der Waals surface area contributed by atoms with Gasteiger partial charge in [-0.05, 0) is 49.3 Å². The molecule has 2 atom stereocenters. The lowest BCUT2D eigenvalue weighted by molar-refractivity contribution is -0.134. The van der Waals surface area contributed by atoms with E-state index < -0.39 is 6.04 Å². The first-order valence-corrected chi connectivity index (χ1v) is 8.67. The summed E-state index contributed by atoms with van der Waals surface area (Å²) in [4.78, 5) is 26.0. The predicted octanol–water partition coefficient (Wildman–Crippen LogP) is 2.55. The molecule has 0 spiro atoms. The summed E-state index contributed by atoms with van der Waals surface area (Å²) in [7, 11) is 0. The topological polar surface area (TPSA) is 63.4 Å². The first-order valence-electron chi connectivity index (χ1n) is 8.67.